The number of benzene rings is 2. The average Bonchev–Trinajstić information content (AvgIpc) is 3.60. The maximum atomic E-state index is 13.2. The minimum absolute atomic E-state index is 0.222. The third-order valence-electron chi connectivity index (χ3n) is 4.98. The van der Waals surface area contributed by atoms with Gasteiger partial charge in [-0.1, -0.05) is 23.4 Å². The molecule has 9 heteroatoms. The van der Waals surface area contributed by atoms with Crippen molar-refractivity contribution >= 4 is 5.91 Å². The molecular formula is C24H18FN5O3. The molecule has 1 unspecified atom stereocenters. The van der Waals surface area contributed by atoms with Gasteiger partial charge in [0, 0.05) is 11.6 Å². The minimum Gasteiger partial charge on any atom is -0.463 e. The molecule has 0 saturated heterocycles. The number of rotatable bonds is 6. The third-order valence-corrected chi connectivity index (χ3v) is 4.98. The van der Waals surface area contributed by atoms with Gasteiger partial charge in [-0.2, -0.15) is 10.1 Å². The van der Waals surface area contributed by atoms with Crippen molar-refractivity contribution in [3.8, 4) is 28.5 Å². The van der Waals surface area contributed by atoms with Crippen LogP contribution in [0.4, 0.5) is 4.39 Å². The Kier molecular flexibility index (Phi) is 5.27. The Morgan fingerprint density at radius 3 is 2.58 bits per heavy atom. The van der Waals surface area contributed by atoms with Crippen molar-refractivity contribution in [2.75, 3.05) is 0 Å². The zero-order valence-corrected chi connectivity index (χ0v) is 17.5. The highest BCUT2D eigenvalue weighted by molar-refractivity contribution is 5.94. The summed E-state index contributed by atoms with van der Waals surface area (Å²) in [7, 11) is 0. The molecule has 0 aliphatic carbocycles. The van der Waals surface area contributed by atoms with Crippen LogP contribution in [0.2, 0.25) is 0 Å². The molecule has 1 amide bonds. The van der Waals surface area contributed by atoms with Gasteiger partial charge >= 0.3 is 0 Å². The summed E-state index contributed by atoms with van der Waals surface area (Å²) < 4.78 is 25.5. The zero-order valence-electron chi connectivity index (χ0n) is 17.5. The highest BCUT2D eigenvalue weighted by atomic mass is 19.1. The van der Waals surface area contributed by atoms with E-state index in [0.29, 0.717) is 28.5 Å². The van der Waals surface area contributed by atoms with E-state index in [1.165, 1.54) is 12.1 Å². The molecule has 3 aromatic heterocycles. The number of carbonyl (C=O) groups excluding carboxylic acids is 1. The Morgan fingerprint density at radius 2 is 1.85 bits per heavy atom. The van der Waals surface area contributed by atoms with E-state index in [0.717, 1.165) is 5.69 Å². The number of nitrogens with one attached hydrogen (secondary N) is 1. The van der Waals surface area contributed by atoms with Gasteiger partial charge in [0.15, 0.2) is 5.76 Å². The lowest BCUT2D eigenvalue weighted by Crippen LogP contribution is -2.28. The first-order valence-corrected chi connectivity index (χ1v) is 10.2. The van der Waals surface area contributed by atoms with Crippen molar-refractivity contribution in [3.05, 3.63) is 96.5 Å². The lowest BCUT2D eigenvalue weighted by Gasteiger charge is -2.11. The molecule has 0 aliphatic rings. The normalized spacial score (nSPS) is 11.9. The van der Waals surface area contributed by atoms with E-state index in [9.17, 15) is 9.18 Å². The number of hydrogen-bond acceptors (Lipinski definition) is 6. The largest absolute Gasteiger partial charge is 0.463 e. The van der Waals surface area contributed by atoms with E-state index < -0.39 is 6.04 Å². The summed E-state index contributed by atoms with van der Waals surface area (Å²) in [6.45, 7) is 1.73. The van der Waals surface area contributed by atoms with Gasteiger partial charge in [0.2, 0.25) is 11.7 Å². The molecule has 3 heterocycles. The van der Waals surface area contributed by atoms with Crippen molar-refractivity contribution < 1.29 is 18.1 Å². The van der Waals surface area contributed by atoms with Crippen LogP contribution in [0.15, 0.2) is 88.0 Å². The van der Waals surface area contributed by atoms with Crippen LogP contribution in [0, 0.1) is 5.82 Å². The second kappa shape index (κ2) is 8.54. The lowest BCUT2D eigenvalue weighted by atomic mass is 10.2. The van der Waals surface area contributed by atoms with E-state index in [2.05, 4.69) is 20.6 Å². The van der Waals surface area contributed by atoms with Gasteiger partial charge in [0.1, 0.15) is 23.2 Å². The van der Waals surface area contributed by atoms with Crippen LogP contribution >= 0.6 is 0 Å². The van der Waals surface area contributed by atoms with E-state index in [1.54, 1.807) is 48.2 Å². The summed E-state index contributed by atoms with van der Waals surface area (Å²) in [4.78, 5) is 17.5. The number of halogens is 1. The van der Waals surface area contributed by atoms with Crippen molar-refractivity contribution in [3.63, 3.8) is 0 Å². The van der Waals surface area contributed by atoms with Crippen LogP contribution in [-0.4, -0.2) is 25.8 Å². The number of aromatic nitrogens is 4. The molecule has 0 aliphatic heterocycles. The first kappa shape index (κ1) is 20.4. The number of para-hydroxylation sites is 1. The molecule has 0 radical (unpaired) electrons. The van der Waals surface area contributed by atoms with E-state index >= 15 is 0 Å². The quantitative estimate of drug-likeness (QED) is 0.404. The summed E-state index contributed by atoms with van der Waals surface area (Å²) in [6, 6.07) is 19.7. The highest BCUT2D eigenvalue weighted by Crippen LogP contribution is 2.23. The predicted molar refractivity (Wildman–Crippen MR) is 117 cm³/mol. The summed E-state index contributed by atoms with van der Waals surface area (Å²) in [5.74, 6) is 0.345. The topological polar surface area (TPSA) is 99.0 Å². The number of amides is 1. The van der Waals surface area contributed by atoms with E-state index in [1.807, 2.05) is 30.3 Å². The van der Waals surface area contributed by atoms with Gasteiger partial charge in [-0.05, 0) is 55.5 Å². The first-order valence-electron chi connectivity index (χ1n) is 10.2. The fourth-order valence-electron chi connectivity index (χ4n) is 3.31. The molecule has 8 nitrogen and oxygen atoms in total. The number of nitrogens with zero attached hydrogens (tertiary/aromatic N) is 4. The first-order chi connectivity index (χ1) is 16.1. The van der Waals surface area contributed by atoms with Crippen molar-refractivity contribution in [2.45, 2.75) is 13.0 Å². The molecule has 2 aromatic carbocycles. The predicted octanol–water partition coefficient (Wildman–Crippen LogP) is 4.81. The number of carbonyl (C=O) groups is 1. The van der Waals surface area contributed by atoms with Crippen LogP contribution in [-0.2, 0) is 0 Å². The average molecular weight is 443 g/mol. The number of hydrogen-bond donors (Lipinski definition) is 1. The molecule has 1 N–H and O–H groups in total. The van der Waals surface area contributed by atoms with Crippen molar-refractivity contribution in [1.29, 1.82) is 0 Å². The molecule has 0 saturated carbocycles. The van der Waals surface area contributed by atoms with Crippen LogP contribution < -0.4 is 5.32 Å². The van der Waals surface area contributed by atoms with Crippen molar-refractivity contribution in [1.82, 2.24) is 25.2 Å². The molecule has 0 fully saturated rings. The Hall–Kier alpha value is -4.53. The van der Waals surface area contributed by atoms with Crippen LogP contribution in [0.5, 0.6) is 0 Å². The molecule has 5 rings (SSSR count). The summed E-state index contributed by atoms with van der Waals surface area (Å²) in [6.07, 6.45) is 1.55. The minimum atomic E-state index is -0.578. The van der Waals surface area contributed by atoms with Crippen LogP contribution in [0.3, 0.4) is 0 Å². The molecule has 0 spiro atoms. The monoisotopic (exact) mass is 443 g/mol. The maximum Gasteiger partial charge on any atom is 0.270 e. The maximum absolute atomic E-state index is 13.2. The standard InChI is InChI=1S/C24H18FN5O3/c1-15(24-27-22(29-33-24)16-9-11-17(25)12-10-16)26-23(31)20-14-19(21-8-5-13-32-21)28-30(20)18-6-3-2-4-7-18/h2-15H,1H3,(H,26,31). The Labute approximate surface area is 187 Å². The van der Waals surface area contributed by atoms with Crippen LogP contribution in [0.25, 0.3) is 28.5 Å². The molecule has 164 valence electrons. The van der Waals surface area contributed by atoms with Crippen molar-refractivity contribution in [2.24, 2.45) is 0 Å². The number of furan rings is 1. The fourth-order valence-corrected chi connectivity index (χ4v) is 3.31. The second-order valence-electron chi connectivity index (χ2n) is 7.30. The summed E-state index contributed by atoms with van der Waals surface area (Å²) in [5, 5.41) is 11.4. The van der Waals surface area contributed by atoms with Gasteiger partial charge < -0.3 is 14.3 Å². The Morgan fingerprint density at radius 1 is 1.06 bits per heavy atom. The summed E-state index contributed by atoms with van der Waals surface area (Å²) in [5.41, 5.74) is 2.18. The molecule has 5 aromatic rings. The van der Waals surface area contributed by atoms with E-state index in [-0.39, 0.29) is 17.6 Å². The fraction of sp³-hybridized carbons (Fsp3) is 0.0833. The Bertz CT molecular complexity index is 1380. The summed E-state index contributed by atoms with van der Waals surface area (Å²) >= 11 is 0. The third kappa shape index (κ3) is 4.16. The smallest absolute Gasteiger partial charge is 0.270 e. The SMILES string of the molecule is CC(NC(=O)c1cc(-c2ccco2)nn1-c1ccccc1)c1nc(-c2ccc(F)cc2)no1. The van der Waals surface area contributed by atoms with Gasteiger partial charge in [0.25, 0.3) is 5.91 Å². The zero-order chi connectivity index (χ0) is 22.8. The van der Waals surface area contributed by atoms with Gasteiger partial charge in [-0.25, -0.2) is 9.07 Å². The Balaban J connectivity index is 1.41. The van der Waals surface area contributed by atoms with Gasteiger partial charge in [-0.3, -0.25) is 4.79 Å². The van der Waals surface area contributed by atoms with Gasteiger partial charge in [0.05, 0.1) is 12.0 Å². The highest BCUT2D eigenvalue weighted by Gasteiger charge is 2.23. The molecular weight excluding hydrogens is 425 g/mol. The van der Waals surface area contributed by atoms with Crippen LogP contribution in [0.1, 0.15) is 29.3 Å². The van der Waals surface area contributed by atoms with Gasteiger partial charge in [-0.15, -0.1) is 0 Å². The molecule has 1 atom stereocenters. The molecule has 0 bridgehead atoms. The second-order valence-corrected chi connectivity index (χ2v) is 7.30. The molecule has 33 heavy (non-hydrogen) atoms. The lowest BCUT2D eigenvalue weighted by molar-refractivity contribution is 0.0924. The van der Waals surface area contributed by atoms with E-state index in [4.69, 9.17) is 8.94 Å².